The summed E-state index contributed by atoms with van der Waals surface area (Å²) in [4.78, 5) is 31.6. The van der Waals surface area contributed by atoms with Gasteiger partial charge in [0.15, 0.2) is 0 Å². The molecule has 7 heteroatoms. The number of likely N-dealkylation sites (tertiary alicyclic amines) is 1. The van der Waals surface area contributed by atoms with Gasteiger partial charge >= 0.3 is 0 Å². The third kappa shape index (κ3) is 4.66. The first-order chi connectivity index (χ1) is 14.1. The topological polar surface area (TPSA) is 91.0 Å². The van der Waals surface area contributed by atoms with Gasteiger partial charge in [-0.25, -0.2) is 0 Å². The van der Waals surface area contributed by atoms with Gasteiger partial charge in [-0.1, -0.05) is 6.92 Å². The van der Waals surface area contributed by atoms with Crippen LogP contribution in [-0.2, 0) is 4.79 Å². The molecule has 2 aromatic rings. The predicted molar refractivity (Wildman–Crippen MR) is 110 cm³/mol. The molecule has 3 heterocycles. The number of nitrogens with zero attached hydrogens (tertiary/aromatic N) is 3. The number of H-pyrrole nitrogens is 1. The van der Waals surface area contributed by atoms with Gasteiger partial charge in [0, 0.05) is 37.1 Å². The summed E-state index contributed by atoms with van der Waals surface area (Å²) in [6.07, 6.45) is 9.59. The molecule has 2 amide bonds. The number of pyridine rings is 1. The third-order valence-electron chi connectivity index (χ3n) is 6.21. The van der Waals surface area contributed by atoms with E-state index in [1.807, 2.05) is 12.1 Å². The van der Waals surface area contributed by atoms with Gasteiger partial charge in [0.2, 0.25) is 5.91 Å². The molecule has 0 bridgehead atoms. The van der Waals surface area contributed by atoms with Gasteiger partial charge in [0.05, 0.1) is 11.6 Å². The lowest BCUT2D eigenvalue weighted by Crippen LogP contribution is -2.48. The van der Waals surface area contributed by atoms with Crippen LogP contribution in [0.4, 0.5) is 0 Å². The molecule has 1 aliphatic heterocycles. The van der Waals surface area contributed by atoms with Gasteiger partial charge in [-0.2, -0.15) is 5.10 Å². The second-order valence-electron chi connectivity index (χ2n) is 8.46. The van der Waals surface area contributed by atoms with E-state index in [2.05, 4.69) is 27.4 Å². The molecule has 7 nitrogen and oxygen atoms in total. The first-order valence-electron chi connectivity index (χ1n) is 10.7. The van der Waals surface area contributed by atoms with Crippen LogP contribution >= 0.6 is 0 Å². The molecule has 1 aliphatic carbocycles. The molecule has 2 N–H and O–H groups in total. The maximum Gasteiger partial charge on any atom is 0.271 e. The number of aromatic nitrogens is 3. The van der Waals surface area contributed by atoms with Crippen molar-refractivity contribution in [1.29, 1.82) is 0 Å². The van der Waals surface area contributed by atoms with Crippen molar-refractivity contribution in [3.8, 4) is 11.3 Å². The number of hydrogen-bond acceptors (Lipinski definition) is 4. The van der Waals surface area contributed by atoms with E-state index in [0.29, 0.717) is 30.5 Å². The van der Waals surface area contributed by atoms with Crippen molar-refractivity contribution in [2.75, 3.05) is 13.1 Å². The fourth-order valence-electron chi connectivity index (χ4n) is 4.36. The van der Waals surface area contributed by atoms with Crippen LogP contribution in [0, 0.1) is 11.8 Å². The highest BCUT2D eigenvalue weighted by Crippen LogP contribution is 2.25. The quantitative estimate of drug-likeness (QED) is 0.832. The first kappa shape index (κ1) is 19.6. The Morgan fingerprint density at radius 3 is 2.79 bits per heavy atom. The second-order valence-corrected chi connectivity index (χ2v) is 8.46. The molecule has 0 radical (unpaired) electrons. The monoisotopic (exact) mass is 395 g/mol. The van der Waals surface area contributed by atoms with E-state index in [9.17, 15) is 9.59 Å². The fraction of sp³-hybridized carbons (Fsp3) is 0.545. The lowest BCUT2D eigenvalue weighted by Gasteiger charge is -2.33. The van der Waals surface area contributed by atoms with E-state index in [0.717, 1.165) is 37.2 Å². The standard InChI is InChI=1S/C22H29N5O2/c1-15-6-8-18(9-7-15)24-21(28)17-5-3-11-27(14-17)22(29)20-12-19(25-26-20)16-4-2-10-23-13-16/h2,4,10,12-13,15,17-18H,3,5-9,11,14H2,1H3,(H,24,28)(H,25,26)/t15?,17-,18?/m1/s1. The summed E-state index contributed by atoms with van der Waals surface area (Å²) in [5, 5.41) is 10.3. The maximum atomic E-state index is 12.9. The van der Waals surface area contributed by atoms with E-state index >= 15 is 0 Å². The lowest BCUT2D eigenvalue weighted by molar-refractivity contribution is -0.127. The Labute approximate surface area is 171 Å². The van der Waals surface area contributed by atoms with Crippen LogP contribution in [0.25, 0.3) is 11.3 Å². The Bertz CT molecular complexity index is 842. The number of nitrogens with one attached hydrogen (secondary N) is 2. The van der Waals surface area contributed by atoms with Crippen LogP contribution in [0.3, 0.4) is 0 Å². The number of aromatic amines is 1. The average Bonchev–Trinajstić information content (AvgIpc) is 3.26. The molecule has 1 saturated heterocycles. The van der Waals surface area contributed by atoms with Gasteiger partial charge in [0.1, 0.15) is 5.69 Å². The minimum absolute atomic E-state index is 0.0997. The number of carbonyl (C=O) groups excluding carboxylic acids is 2. The summed E-state index contributed by atoms with van der Waals surface area (Å²) < 4.78 is 0. The van der Waals surface area contributed by atoms with E-state index in [-0.39, 0.29) is 17.7 Å². The Balaban J connectivity index is 1.36. The molecule has 1 atom stereocenters. The van der Waals surface area contributed by atoms with Crippen LogP contribution in [-0.4, -0.2) is 51.0 Å². The number of hydrogen-bond donors (Lipinski definition) is 2. The van der Waals surface area contributed by atoms with Crippen molar-refractivity contribution in [1.82, 2.24) is 25.4 Å². The van der Waals surface area contributed by atoms with Gasteiger partial charge < -0.3 is 10.2 Å². The largest absolute Gasteiger partial charge is 0.353 e. The number of rotatable bonds is 4. The van der Waals surface area contributed by atoms with Crippen molar-refractivity contribution in [2.24, 2.45) is 11.8 Å². The van der Waals surface area contributed by atoms with E-state index in [4.69, 9.17) is 0 Å². The summed E-state index contributed by atoms with van der Waals surface area (Å²) in [5.41, 5.74) is 2.01. The summed E-state index contributed by atoms with van der Waals surface area (Å²) in [6, 6.07) is 5.79. The molecule has 29 heavy (non-hydrogen) atoms. The molecule has 0 unspecified atom stereocenters. The minimum atomic E-state index is -0.132. The summed E-state index contributed by atoms with van der Waals surface area (Å²) in [7, 11) is 0. The molecule has 2 fully saturated rings. The first-order valence-corrected chi connectivity index (χ1v) is 10.7. The van der Waals surface area contributed by atoms with Gasteiger partial charge in [-0.05, 0) is 62.6 Å². The van der Waals surface area contributed by atoms with E-state index in [1.54, 1.807) is 23.4 Å². The molecular weight excluding hydrogens is 366 g/mol. The Hall–Kier alpha value is -2.70. The van der Waals surface area contributed by atoms with Crippen molar-refractivity contribution in [3.05, 3.63) is 36.3 Å². The fourth-order valence-corrected chi connectivity index (χ4v) is 4.36. The van der Waals surface area contributed by atoms with Crippen molar-refractivity contribution >= 4 is 11.8 Å². The predicted octanol–water partition coefficient (Wildman–Crippen LogP) is 3.02. The van der Waals surface area contributed by atoms with E-state index in [1.165, 1.54) is 12.8 Å². The van der Waals surface area contributed by atoms with E-state index < -0.39 is 0 Å². The lowest BCUT2D eigenvalue weighted by atomic mass is 9.87. The molecule has 154 valence electrons. The molecule has 0 spiro atoms. The van der Waals surface area contributed by atoms with Crippen LogP contribution < -0.4 is 5.32 Å². The summed E-state index contributed by atoms with van der Waals surface area (Å²) in [6.45, 7) is 3.41. The zero-order chi connectivity index (χ0) is 20.2. The van der Waals surface area contributed by atoms with Crippen LogP contribution in [0.1, 0.15) is 55.9 Å². The highest BCUT2D eigenvalue weighted by atomic mass is 16.2. The van der Waals surface area contributed by atoms with Crippen molar-refractivity contribution < 1.29 is 9.59 Å². The van der Waals surface area contributed by atoms with Crippen LogP contribution in [0.5, 0.6) is 0 Å². The minimum Gasteiger partial charge on any atom is -0.353 e. The SMILES string of the molecule is CC1CCC(NC(=O)[C@@H]2CCCN(C(=O)c3cc(-c4cccnc4)n[nH]3)C2)CC1. The van der Waals surface area contributed by atoms with Gasteiger partial charge in [-0.15, -0.1) is 0 Å². The smallest absolute Gasteiger partial charge is 0.271 e. The molecule has 2 aromatic heterocycles. The Morgan fingerprint density at radius 2 is 2.03 bits per heavy atom. The average molecular weight is 396 g/mol. The highest BCUT2D eigenvalue weighted by molar-refractivity contribution is 5.94. The zero-order valence-electron chi connectivity index (χ0n) is 16.9. The van der Waals surface area contributed by atoms with Crippen molar-refractivity contribution in [2.45, 2.75) is 51.5 Å². The normalized spacial score (nSPS) is 24.9. The number of carbonyl (C=O) groups is 2. The Morgan fingerprint density at radius 1 is 1.21 bits per heavy atom. The molecule has 0 aromatic carbocycles. The molecule has 4 rings (SSSR count). The zero-order valence-corrected chi connectivity index (χ0v) is 16.9. The van der Waals surface area contributed by atoms with Gasteiger partial charge in [0.25, 0.3) is 5.91 Å². The summed E-state index contributed by atoms with van der Waals surface area (Å²) >= 11 is 0. The molecular formula is C22H29N5O2. The third-order valence-corrected chi connectivity index (χ3v) is 6.21. The van der Waals surface area contributed by atoms with Gasteiger partial charge in [-0.3, -0.25) is 19.7 Å². The Kier molecular flexibility index (Phi) is 5.92. The van der Waals surface area contributed by atoms with Crippen LogP contribution in [0.15, 0.2) is 30.6 Å². The van der Waals surface area contributed by atoms with Crippen molar-refractivity contribution in [3.63, 3.8) is 0 Å². The molecule has 1 saturated carbocycles. The second kappa shape index (κ2) is 8.76. The highest BCUT2D eigenvalue weighted by Gasteiger charge is 2.31. The van der Waals surface area contributed by atoms with Crippen LogP contribution in [0.2, 0.25) is 0 Å². The number of piperidine rings is 1. The number of amides is 2. The summed E-state index contributed by atoms with van der Waals surface area (Å²) in [5.74, 6) is 0.629. The maximum absolute atomic E-state index is 12.9. The molecule has 2 aliphatic rings.